The number of halogens is 3. The lowest BCUT2D eigenvalue weighted by Crippen LogP contribution is -2.27. The highest BCUT2D eigenvalue weighted by molar-refractivity contribution is 5.98. The quantitative estimate of drug-likeness (QED) is 0.796. The zero-order chi connectivity index (χ0) is 13.5. The van der Waals surface area contributed by atoms with Crippen molar-refractivity contribution < 1.29 is 18.0 Å². The Kier molecular flexibility index (Phi) is 3.09. The molecule has 0 saturated heterocycles. The topological polar surface area (TPSA) is 20.3 Å². The molecule has 0 bridgehead atoms. The average Bonchev–Trinajstić information content (AvgIpc) is 2.53. The number of fused-ring (bicyclic) bond motifs is 1. The Balaban J connectivity index is 2.29. The van der Waals surface area contributed by atoms with Gasteiger partial charge in [-0.05, 0) is 29.7 Å². The number of benzene rings is 1. The van der Waals surface area contributed by atoms with Crippen LogP contribution < -0.4 is 0 Å². The molecular weight excluding hydrogens is 243 g/mol. The van der Waals surface area contributed by atoms with E-state index in [0.717, 1.165) is 12.1 Å². The second kappa shape index (κ2) is 4.30. The molecule has 1 aliphatic rings. The predicted octanol–water partition coefficient (Wildman–Crippen LogP) is 3.32. The largest absolute Gasteiger partial charge is 0.416 e. The zero-order valence-corrected chi connectivity index (χ0v) is 10.2. The monoisotopic (exact) mass is 257 g/mol. The van der Waals surface area contributed by atoms with Gasteiger partial charge in [-0.2, -0.15) is 13.2 Å². The van der Waals surface area contributed by atoms with Gasteiger partial charge >= 0.3 is 6.18 Å². The number of carbonyl (C=O) groups excluding carboxylic acids is 1. The number of hydrogen-bond acceptors (Lipinski definition) is 1. The summed E-state index contributed by atoms with van der Waals surface area (Å²) in [6.45, 7) is 4.78. The standard InChI is InChI=1S/C13H14F3NO/c1-8(2)6-17-7-9-5-10(13(14,15)16)3-4-11(9)12(17)18/h3-5,8H,6-7H2,1-2H3. The molecular formula is C13H14F3NO. The minimum atomic E-state index is -4.36. The lowest BCUT2D eigenvalue weighted by molar-refractivity contribution is -0.137. The summed E-state index contributed by atoms with van der Waals surface area (Å²) in [7, 11) is 0. The molecule has 0 aliphatic carbocycles. The van der Waals surface area contributed by atoms with Crippen molar-refractivity contribution in [1.82, 2.24) is 4.90 Å². The summed E-state index contributed by atoms with van der Waals surface area (Å²) >= 11 is 0. The fourth-order valence-corrected chi connectivity index (χ4v) is 2.15. The highest BCUT2D eigenvalue weighted by atomic mass is 19.4. The molecule has 98 valence electrons. The van der Waals surface area contributed by atoms with Crippen LogP contribution in [0.25, 0.3) is 0 Å². The van der Waals surface area contributed by atoms with Crippen molar-refractivity contribution in [2.45, 2.75) is 26.6 Å². The van der Waals surface area contributed by atoms with Crippen molar-refractivity contribution in [2.75, 3.05) is 6.54 Å². The Labute approximate surface area is 103 Å². The minimum absolute atomic E-state index is 0.174. The van der Waals surface area contributed by atoms with Gasteiger partial charge < -0.3 is 4.90 Å². The fraction of sp³-hybridized carbons (Fsp3) is 0.462. The molecule has 18 heavy (non-hydrogen) atoms. The van der Waals surface area contributed by atoms with Gasteiger partial charge in [-0.1, -0.05) is 13.8 Å². The average molecular weight is 257 g/mol. The predicted molar refractivity (Wildman–Crippen MR) is 61.0 cm³/mol. The first-order valence-electron chi connectivity index (χ1n) is 5.78. The summed E-state index contributed by atoms with van der Waals surface area (Å²) in [6, 6.07) is 3.32. The van der Waals surface area contributed by atoms with Gasteiger partial charge in [0.2, 0.25) is 0 Å². The Morgan fingerprint density at radius 2 is 2.00 bits per heavy atom. The number of nitrogens with zero attached hydrogens (tertiary/aromatic N) is 1. The first kappa shape index (κ1) is 12.9. The van der Waals surface area contributed by atoms with E-state index in [-0.39, 0.29) is 12.5 Å². The van der Waals surface area contributed by atoms with Gasteiger partial charge in [-0.25, -0.2) is 0 Å². The Morgan fingerprint density at radius 1 is 1.33 bits per heavy atom. The van der Waals surface area contributed by atoms with Crippen LogP contribution in [0.3, 0.4) is 0 Å². The molecule has 1 aromatic carbocycles. The van der Waals surface area contributed by atoms with E-state index in [1.807, 2.05) is 13.8 Å². The summed E-state index contributed by atoms with van der Waals surface area (Å²) < 4.78 is 37.7. The number of rotatable bonds is 2. The van der Waals surface area contributed by atoms with Crippen molar-refractivity contribution in [1.29, 1.82) is 0 Å². The van der Waals surface area contributed by atoms with Gasteiger partial charge in [0.1, 0.15) is 0 Å². The van der Waals surface area contributed by atoms with Gasteiger partial charge in [-0.3, -0.25) is 4.79 Å². The van der Waals surface area contributed by atoms with Crippen LogP contribution in [0, 0.1) is 5.92 Å². The molecule has 2 rings (SSSR count). The third-order valence-corrected chi connectivity index (χ3v) is 2.90. The SMILES string of the molecule is CC(C)CN1Cc2cc(C(F)(F)F)ccc2C1=O. The second-order valence-electron chi connectivity index (χ2n) is 4.95. The molecule has 0 atom stereocenters. The lowest BCUT2D eigenvalue weighted by Gasteiger charge is -2.17. The van der Waals surface area contributed by atoms with Gasteiger partial charge in [0.05, 0.1) is 5.56 Å². The van der Waals surface area contributed by atoms with Crippen LogP contribution in [0.4, 0.5) is 13.2 Å². The molecule has 0 fully saturated rings. The molecule has 0 radical (unpaired) electrons. The van der Waals surface area contributed by atoms with E-state index in [9.17, 15) is 18.0 Å². The molecule has 0 unspecified atom stereocenters. The van der Waals surface area contributed by atoms with Crippen LogP contribution in [-0.2, 0) is 12.7 Å². The van der Waals surface area contributed by atoms with E-state index < -0.39 is 11.7 Å². The summed E-state index contributed by atoms with van der Waals surface area (Å²) in [5.74, 6) is 0.123. The van der Waals surface area contributed by atoms with Crippen molar-refractivity contribution in [3.63, 3.8) is 0 Å². The second-order valence-corrected chi connectivity index (χ2v) is 4.95. The normalized spacial score (nSPS) is 15.4. The minimum Gasteiger partial charge on any atom is -0.334 e. The van der Waals surface area contributed by atoms with E-state index >= 15 is 0 Å². The summed E-state index contributed by atoms with van der Waals surface area (Å²) in [4.78, 5) is 13.5. The number of amides is 1. The summed E-state index contributed by atoms with van der Waals surface area (Å²) in [6.07, 6.45) is -4.36. The fourth-order valence-electron chi connectivity index (χ4n) is 2.15. The molecule has 1 heterocycles. The molecule has 1 aromatic rings. The van der Waals surface area contributed by atoms with Crippen LogP contribution in [0.5, 0.6) is 0 Å². The van der Waals surface area contributed by atoms with Gasteiger partial charge in [0, 0.05) is 18.7 Å². The maximum Gasteiger partial charge on any atom is 0.416 e. The van der Waals surface area contributed by atoms with E-state index in [4.69, 9.17) is 0 Å². The van der Waals surface area contributed by atoms with Crippen LogP contribution in [0.15, 0.2) is 18.2 Å². The molecule has 0 N–H and O–H groups in total. The van der Waals surface area contributed by atoms with Crippen molar-refractivity contribution in [3.8, 4) is 0 Å². The van der Waals surface area contributed by atoms with Crippen LogP contribution >= 0.6 is 0 Å². The number of alkyl halides is 3. The van der Waals surface area contributed by atoms with Gasteiger partial charge in [0.15, 0.2) is 0 Å². The molecule has 0 saturated carbocycles. The summed E-state index contributed by atoms with van der Waals surface area (Å²) in [5, 5.41) is 0. The Morgan fingerprint density at radius 3 is 2.56 bits per heavy atom. The maximum atomic E-state index is 12.6. The van der Waals surface area contributed by atoms with E-state index in [1.54, 1.807) is 4.90 Å². The number of hydrogen-bond donors (Lipinski definition) is 0. The third-order valence-electron chi connectivity index (χ3n) is 2.90. The smallest absolute Gasteiger partial charge is 0.334 e. The maximum absolute atomic E-state index is 12.6. The van der Waals surface area contributed by atoms with E-state index in [1.165, 1.54) is 6.07 Å². The number of carbonyl (C=O) groups is 1. The molecule has 1 aliphatic heterocycles. The first-order valence-corrected chi connectivity index (χ1v) is 5.78. The van der Waals surface area contributed by atoms with Crippen LogP contribution in [-0.4, -0.2) is 17.4 Å². The van der Waals surface area contributed by atoms with Gasteiger partial charge in [0.25, 0.3) is 5.91 Å². The van der Waals surface area contributed by atoms with Crippen molar-refractivity contribution >= 4 is 5.91 Å². The third kappa shape index (κ3) is 2.35. The Hall–Kier alpha value is -1.52. The first-order chi connectivity index (χ1) is 8.29. The van der Waals surface area contributed by atoms with Crippen LogP contribution in [0.2, 0.25) is 0 Å². The molecule has 0 aromatic heterocycles. The van der Waals surface area contributed by atoms with Crippen molar-refractivity contribution in [2.24, 2.45) is 5.92 Å². The molecule has 1 amide bonds. The summed E-state index contributed by atoms with van der Waals surface area (Å²) in [5.41, 5.74) is 0.166. The van der Waals surface area contributed by atoms with E-state index in [0.29, 0.717) is 23.6 Å². The zero-order valence-electron chi connectivity index (χ0n) is 10.2. The van der Waals surface area contributed by atoms with Gasteiger partial charge in [-0.15, -0.1) is 0 Å². The highest BCUT2D eigenvalue weighted by Gasteiger charge is 2.34. The van der Waals surface area contributed by atoms with Crippen molar-refractivity contribution in [3.05, 3.63) is 34.9 Å². The Bertz CT molecular complexity index is 480. The lowest BCUT2D eigenvalue weighted by atomic mass is 10.1. The molecule has 5 heteroatoms. The molecule has 2 nitrogen and oxygen atoms in total. The molecule has 0 spiro atoms. The highest BCUT2D eigenvalue weighted by Crippen LogP contribution is 2.33. The van der Waals surface area contributed by atoms with Crippen LogP contribution in [0.1, 0.15) is 35.3 Å². The van der Waals surface area contributed by atoms with E-state index in [2.05, 4.69) is 0 Å².